The zero-order chi connectivity index (χ0) is 13.1. The second-order valence-corrected chi connectivity index (χ2v) is 3.55. The Morgan fingerprint density at radius 2 is 2.22 bits per heavy atom. The molecule has 18 heavy (non-hydrogen) atoms. The molecule has 8 heteroatoms. The number of benzene rings is 1. The molecule has 0 unspecified atom stereocenters. The Balaban J connectivity index is 2.30. The van der Waals surface area contributed by atoms with Crippen LogP contribution in [0.4, 0.5) is 14.5 Å². The van der Waals surface area contributed by atoms with Gasteiger partial charge in [0.05, 0.1) is 5.69 Å². The van der Waals surface area contributed by atoms with Crippen molar-refractivity contribution in [2.45, 2.75) is 13.3 Å². The summed E-state index contributed by atoms with van der Waals surface area (Å²) in [5.74, 6) is -1.35. The minimum absolute atomic E-state index is 0.261. The Morgan fingerprint density at radius 1 is 1.44 bits per heavy atom. The molecule has 1 heterocycles. The van der Waals surface area contributed by atoms with Gasteiger partial charge in [-0.3, -0.25) is 4.79 Å². The zero-order valence-electron chi connectivity index (χ0n) is 9.34. The number of hydrogen-bond donors (Lipinski definition) is 1. The summed E-state index contributed by atoms with van der Waals surface area (Å²) in [6, 6.07) is 4.73. The van der Waals surface area contributed by atoms with E-state index in [4.69, 9.17) is 0 Å². The van der Waals surface area contributed by atoms with Crippen molar-refractivity contribution in [2.24, 2.45) is 0 Å². The van der Waals surface area contributed by atoms with E-state index in [-0.39, 0.29) is 5.69 Å². The first-order chi connectivity index (χ1) is 8.58. The summed E-state index contributed by atoms with van der Waals surface area (Å²) in [5, 5.41) is 12.8. The van der Waals surface area contributed by atoms with Crippen LogP contribution in [0.1, 0.15) is 5.56 Å². The van der Waals surface area contributed by atoms with E-state index >= 15 is 0 Å². The first kappa shape index (κ1) is 12.1. The van der Waals surface area contributed by atoms with E-state index in [1.165, 1.54) is 23.1 Å². The van der Waals surface area contributed by atoms with E-state index in [1.807, 2.05) is 6.92 Å². The van der Waals surface area contributed by atoms with Crippen LogP contribution in [-0.2, 0) is 4.79 Å². The van der Waals surface area contributed by atoms with Gasteiger partial charge in [0.15, 0.2) is 0 Å². The first-order valence-corrected chi connectivity index (χ1v) is 5.01. The van der Waals surface area contributed by atoms with Crippen LogP contribution in [0.5, 0.6) is 0 Å². The highest BCUT2D eigenvalue weighted by atomic mass is 19.3. The molecule has 1 aromatic carbocycles. The molecule has 0 aliphatic heterocycles. The number of alkyl halides is 2. The molecule has 1 N–H and O–H groups in total. The minimum atomic E-state index is -3.05. The predicted molar refractivity (Wildman–Crippen MR) is 58.5 cm³/mol. The molecule has 0 saturated heterocycles. The van der Waals surface area contributed by atoms with Gasteiger partial charge >= 0.3 is 6.43 Å². The summed E-state index contributed by atoms with van der Waals surface area (Å²) < 4.78 is 25.6. The van der Waals surface area contributed by atoms with E-state index < -0.39 is 12.3 Å². The highest BCUT2D eigenvalue weighted by Crippen LogP contribution is 2.18. The fraction of sp³-hybridized carbons (Fsp3) is 0.200. The lowest BCUT2D eigenvalue weighted by atomic mass is 10.2. The second-order valence-electron chi connectivity index (χ2n) is 3.55. The highest BCUT2D eigenvalue weighted by Gasteiger charge is 2.15. The smallest absolute Gasteiger partial charge is 0.315 e. The number of nitrogens with zero attached hydrogens (tertiary/aromatic N) is 4. The number of halogens is 2. The molecule has 2 rings (SSSR count). The number of nitrogens with one attached hydrogen (secondary N) is 1. The highest BCUT2D eigenvalue weighted by molar-refractivity contribution is 5.93. The Hall–Kier alpha value is -2.38. The zero-order valence-corrected chi connectivity index (χ0v) is 9.34. The molecule has 0 radical (unpaired) electrons. The largest absolute Gasteiger partial charge is 0.321 e. The minimum Gasteiger partial charge on any atom is -0.321 e. The number of tetrazole rings is 1. The van der Waals surface area contributed by atoms with Crippen molar-refractivity contribution in [2.75, 3.05) is 5.32 Å². The fourth-order valence-electron chi connectivity index (χ4n) is 1.40. The van der Waals surface area contributed by atoms with E-state index in [0.717, 1.165) is 5.56 Å². The monoisotopic (exact) mass is 253 g/mol. The first-order valence-electron chi connectivity index (χ1n) is 5.01. The lowest BCUT2D eigenvalue weighted by Crippen LogP contribution is -2.20. The SMILES string of the molecule is Cc1ccc(NC(=O)C(F)F)cc1-n1cnnn1. The Labute approximate surface area is 101 Å². The van der Waals surface area contributed by atoms with Gasteiger partial charge in [-0.05, 0) is 35.0 Å². The van der Waals surface area contributed by atoms with Crippen LogP contribution in [0.3, 0.4) is 0 Å². The van der Waals surface area contributed by atoms with Gasteiger partial charge in [0.2, 0.25) is 0 Å². The van der Waals surface area contributed by atoms with Crippen LogP contribution in [-0.4, -0.2) is 32.5 Å². The van der Waals surface area contributed by atoms with E-state index in [2.05, 4.69) is 20.8 Å². The maximum absolute atomic E-state index is 12.1. The van der Waals surface area contributed by atoms with Crippen molar-refractivity contribution in [3.63, 3.8) is 0 Å². The average molecular weight is 253 g/mol. The van der Waals surface area contributed by atoms with Crippen molar-refractivity contribution in [1.82, 2.24) is 20.2 Å². The molecule has 0 spiro atoms. The van der Waals surface area contributed by atoms with Gasteiger partial charge in [-0.15, -0.1) is 5.10 Å². The summed E-state index contributed by atoms with van der Waals surface area (Å²) in [6.07, 6.45) is -1.68. The second kappa shape index (κ2) is 4.86. The Kier molecular flexibility index (Phi) is 3.26. The molecule has 0 atom stereocenters. The maximum Gasteiger partial charge on any atom is 0.315 e. The molecular weight excluding hydrogens is 244 g/mol. The number of aryl methyl sites for hydroxylation is 1. The summed E-state index contributed by atoms with van der Waals surface area (Å²) in [4.78, 5) is 10.9. The molecule has 1 amide bonds. The van der Waals surface area contributed by atoms with Gasteiger partial charge in [0.25, 0.3) is 5.91 Å². The Morgan fingerprint density at radius 3 is 2.83 bits per heavy atom. The van der Waals surface area contributed by atoms with Gasteiger partial charge in [-0.2, -0.15) is 8.78 Å². The van der Waals surface area contributed by atoms with E-state index in [1.54, 1.807) is 6.07 Å². The third kappa shape index (κ3) is 2.47. The molecule has 1 aromatic heterocycles. The summed E-state index contributed by atoms with van der Waals surface area (Å²) in [7, 11) is 0. The normalized spacial score (nSPS) is 10.7. The number of amides is 1. The summed E-state index contributed by atoms with van der Waals surface area (Å²) in [5.41, 5.74) is 1.71. The van der Waals surface area contributed by atoms with Crippen LogP contribution in [0.15, 0.2) is 24.5 Å². The number of carbonyl (C=O) groups is 1. The summed E-state index contributed by atoms with van der Waals surface area (Å²) >= 11 is 0. The van der Waals surface area contributed by atoms with E-state index in [9.17, 15) is 13.6 Å². The van der Waals surface area contributed by atoms with Crippen molar-refractivity contribution in [3.8, 4) is 5.69 Å². The van der Waals surface area contributed by atoms with Gasteiger partial charge in [0, 0.05) is 5.69 Å². The van der Waals surface area contributed by atoms with Gasteiger partial charge in [-0.25, -0.2) is 4.68 Å². The van der Waals surface area contributed by atoms with Crippen molar-refractivity contribution in [3.05, 3.63) is 30.1 Å². The number of hydrogen-bond acceptors (Lipinski definition) is 4. The van der Waals surface area contributed by atoms with Gasteiger partial charge in [-0.1, -0.05) is 6.07 Å². The van der Waals surface area contributed by atoms with Crippen LogP contribution in [0, 0.1) is 6.92 Å². The topological polar surface area (TPSA) is 72.7 Å². The average Bonchev–Trinajstić information content (AvgIpc) is 2.85. The fourth-order valence-corrected chi connectivity index (χ4v) is 1.40. The summed E-state index contributed by atoms with van der Waals surface area (Å²) in [6.45, 7) is 1.82. The molecule has 6 nitrogen and oxygen atoms in total. The third-order valence-corrected chi connectivity index (χ3v) is 2.27. The molecule has 2 aromatic rings. The van der Waals surface area contributed by atoms with Crippen LogP contribution < -0.4 is 5.32 Å². The van der Waals surface area contributed by atoms with E-state index in [0.29, 0.717) is 5.69 Å². The predicted octanol–water partition coefficient (Wildman–Crippen LogP) is 1.17. The number of carbonyl (C=O) groups excluding carboxylic acids is 1. The van der Waals surface area contributed by atoms with Crippen molar-refractivity contribution in [1.29, 1.82) is 0 Å². The Bertz CT molecular complexity index is 555. The third-order valence-electron chi connectivity index (χ3n) is 2.27. The number of anilines is 1. The van der Waals surface area contributed by atoms with Crippen LogP contribution >= 0.6 is 0 Å². The molecule has 0 aliphatic carbocycles. The molecular formula is C10H9F2N5O. The molecule has 94 valence electrons. The quantitative estimate of drug-likeness (QED) is 0.891. The molecule has 0 fully saturated rings. The van der Waals surface area contributed by atoms with Crippen LogP contribution in [0.25, 0.3) is 5.69 Å². The standard InChI is InChI=1S/C10H9F2N5O/c1-6-2-3-7(14-10(18)9(11)12)4-8(6)17-5-13-15-16-17/h2-5,9H,1H3,(H,14,18). The van der Waals surface area contributed by atoms with Crippen molar-refractivity contribution < 1.29 is 13.6 Å². The molecule has 0 saturated carbocycles. The molecule has 0 bridgehead atoms. The number of aromatic nitrogens is 4. The van der Waals surface area contributed by atoms with Crippen molar-refractivity contribution >= 4 is 11.6 Å². The lowest BCUT2D eigenvalue weighted by molar-refractivity contribution is -0.126. The maximum atomic E-state index is 12.1. The van der Waals surface area contributed by atoms with Gasteiger partial charge < -0.3 is 5.32 Å². The number of rotatable bonds is 3. The molecule has 0 aliphatic rings. The van der Waals surface area contributed by atoms with Gasteiger partial charge in [0.1, 0.15) is 6.33 Å². The van der Waals surface area contributed by atoms with Crippen LogP contribution in [0.2, 0.25) is 0 Å². The lowest BCUT2D eigenvalue weighted by Gasteiger charge is -2.09.